The fraction of sp³-hybridized carbons (Fsp3) is 0.538. The van der Waals surface area contributed by atoms with Crippen LogP contribution >= 0.6 is 0 Å². The minimum atomic E-state index is -3.79. The molecule has 0 aliphatic carbocycles. The number of nitrogens with two attached hydrogens (primary N) is 1. The van der Waals surface area contributed by atoms with Crippen LogP contribution < -0.4 is 5.14 Å². The first-order chi connectivity index (χ1) is 9.46. The smallest absolute Gasteiger partial charge is 0.225 e. The zero-order chi connectivity index (χ0) is 16.5. The molecule has 1 atom stereocenters. The molecule has 0 amide bonds. The zero-order valence-electron chi connectivity index (χ0n) is 12.7. The van der Waals surface area contributed by atoms with Crippen LogP contribution in [0, 0.1) is 0 Å². The summed E-state index contributed by atoms with van der Waals surface area (Å²) in [5, 5.41) is 5.05. The Morgan fingerprint density at radius 1 is 1.10 bits per heavy atom. The average Bonchev–Trinajstić information content (AvgIpc) is 2.37. The first-order valence-corrected chi connectivity index (χ1v) is 9.51. The molecule has 0 unspecified atom stereocenters. The number of sulfonamides is 2. The minimum absolute atomic E-state index is 0.0349. The normalized spacial score (nSPS) is 15.9. The van der Waals surface area contributed by atoms with Gasteiger partial charge in [-0.2, -0.15) is 0 Å². The lowest BCUT2D eigenvalue weighted by Crippen LogP contribution is -2.41. The molecule has 0 spiro atoms. The molecule has 8 heteroatoms. The summed E-state index contributed by atoms with van der Waals surface area (Å²) in [7, 11) is -4.36. The minimum Gasteiger partial charge on any atom is -0.225 e. The quantitative estimate of drug-likeness (QED) is 0.846. The molecule has 1 aromatic carbocycles. The Kier molecular flexibility index (Phi) is 5.20. The lowest BCUT2D eigenvalue weighted by atomic mass is 9.95. The van der Waals surface area contributed by atoms with Gasteiger partial charge in [-0.05, 0) is 31.0 Å². The first-order valence-electron chi connectivity index (χ1n) is 6.52. The van der Waals surface area contributed by atoms with Crippen molar-refractivity contribution < 1.29 is 16.8 Å². The second-order valence-electron chi connectivity index (χ2n) is 5.34. The second-order valence-corrected chi connectivity index (χ2v) is 9.48. The molecule has 0 fully saturated rings. The molecule has 0 radical (unpaired) electrons. The Labute approximate surface area is 127 Å². The number of benzene rings is 1. The van der Waals surface area contributed by atoms with E-state index in [1.54, 1.807) is 6.92 Å². The van der Waals surface area contributed by atoms with E-state index in [-0.39, 0.29) is 4.90 Å². The third kappa shape index (κ3) is 3.45. The molecule has 1 aromatic rings. The number of rotatable bonds is 6. The summed E-state index contributed by atoms with van der Waals surface area (Å²) in [4.78, 5) is -0.0349. The van der Waals surface area contributed by atoms with Crippen molar-refractivity contribution in [3.8, 4) is 0 Å². The van der Waals surface area contributed by atoms with E-state index in [9.17, 15) is 16.8 Å². The Bertz CT molecular complexity index is 694. The summed E-state index contributed by atoms with van der Waals surface area (Å²) in [5.74, 6) is 0. The number of primary sulfonamides is 1. The van der Waals surface area contributed by atoms with Crippen LogP contribution in [0.15, 0.2) is 29.2 Å². The molecule has 0 saturated heterocycles. The van der Waals surface area contributed by atoms with Crippen LogP contribution in [0.2, 0.25) is 0 Å². The Morgan fingerprint density at radius 3 is 1.90 bits per heavy atom. The van der Waals surface area contributed by atoms with Gasteiger partial charge < -0.3 is 0 Å². The number of hydrogen-bond acceptors (Lipinski definition) is 4. The van der Waals surface area contributed by atoms with E-state index in [1.165, 1.54) is 42.7 Å². The predicted molar refractivity (Wildman–Crippen MR) is 82.7 cm³/mol. The van der Waals surface area contributed by atoms with Crippen LogP contribution in [0.25, 0.3) is 0 Å². The van der Waals surface area contributed by atoms with Crippen molar-refractivity contribution in [1.82, 2.24) is 4.31 Å². The van der Waals surface area contributed by atoms with E-state index in [0.717, 1.165) is 0 Å². The summed E-state index contributed by atoms with van der Waals surface area (Å²) in [6, 6.07) is 5.69. The second kappa shape index (κ2) is 6.04. The van der Waals surface area contributed by atoms with Gasteiger partial charge in [0.25, 0.3) is 0 Å². The number of nitrogens with zero attached hydrogens (tertiary/aromatic N) is 1. The summed E-state index contributed by atoms with van der Waals surface area (Å²) in [5.41, 5.74) is 0.547. The molecule has 2 N–H and O–H groups in total. The van der Waals surface area contributed by atoms with Gasteiger partial charge in [0.2, 0.25) is 20.0 Å². The molecule has 0 aliphatic heterocycles. The highest BCUT2D eigenvalue weighted by atomic mass is 32.2. The summed E-state index contributed by atoms with van der Waals surface area (Å²) in [6.07, 6.45) is 1.11. The van der Waals surface area contributed by atoms with Crippen LogP contribution in [-0.2, 0) is 24.8 Å². The molecule has 120 valence electrons. The van der Waals surface area contributed by atoms with E-state index < -0.39 is 24.8 Å². The van der Waals surface area contributed by atoms with Crippen LogP contribution in [0.5, 0.6) is 0 Å². The van der Waals surface area contributed by atoms with Gasteiger partial charge >= 0.3 is 0 Å². The van der Waals surface area contributed by atoms with Crippen LogP contribution in [0.4, 0.5) is 0 Å². The predicted octanol–water partition coefficient (Wildman–Crippen LogP) is 1.24. The molecule has 6 nitrogen and oxygen atoms in total. The lowest BCUT2D eigenvalue weighted by molar-refractivity contribution is 0.455. The highest BCUT2D eigenvalue weighted by Gasteiger charge is 2.41. The highest BCUT2D eigenvalue weighted by molar-refractivity contribution is 7.90. The van der Waals surface area contributed by atoms with Crippen molar-refractivity contribution in [3.63, 3.8) is 0 Å². The summed E-state index contributed by atoms with van der Waals surface area (Å²) in [6.45, 7) is 3.56. The van der Waals surface area contributed by atoms with E-state index in [1.807, 2.05) is 6.92 Å². The maximum absolute atomic E-state index is 12.6. The largest absolute Gasteiger partial charge is 0.238 e. The first kappa shape index (κ1) is 18.1. The fourth-order valence-electron chi connectivity index (χ4n) is 2.30. The van der Waals surface area contributed by atoms with Gasteiger partial charge in [0.1, 0.15) is 4.75 Å². The molecule has 1 rings (SSSR count). The molecule has 21 heavy (non-hydrogen) atoms. The molecule has 0 aromatic heterocycles. The van der Waals surface area contributed by atoms with Gasteiger partial charge in [-0.15, -0.1) is 0 Å². The standard InChI is InChI=1S/C13H22N2O4S2/c1-5-10-13(2,21(18,19)15(3)4)11-6-8-12(9-7-11)20(14,16)17/h6-9H,5,10H2,1-4H3,(H2,14,16,17)/t13-/m1/s1. The zero-order valence-corrected chi connectivity index (χ0v) is 14.3. The molecular formula is C13H22N2O4S2. The van der Waals surface area contributed by atoms with Crippen molar-refractivity contribution in [2.45, 2.75) is 36.3 Å². The monoisotopic (exact) mass is 334 g/mol. The van der Waals surface area contributed by atoms with Crippen LogP contribution in [0.1, 0.15) is 32.3 Å². The van der Waals surface area contributed by atoms with E-state index >= 15 is 0 Å². The van der Waals surface area contributed by atoms with Gasteiger partial charge in [-0.3, -0.25) is 0 Å². The van der Waals surface area contributed by atoms with Gasteiger partial charge in [-0.1, -0.05) is 25.5 Å². The average molecular weight is 334 g/mol. The van der Waals surface area contributed by atoms with E-state index in [0.29, 0.717) is 18.4 Å². The summed E-state index contributed by atoms with van der Waals surface area (Å²) >= 11 is 0. The van der Waals surface area contributed by atoms with E-state index in [4.69, 9.17) is 5.14 Å². The topological polar surface area (TPSA) is 97.5 Å². The van der Waals surface area contributed by atoms with E-state index in [2.05, 4.69) is 0 Å². The van der Waals surface area contributed by atoms with Gasteiger partial charge in [0.05, 0.1) is 4.90 Å². The maximum Gasteiger partial charge on any atom is 0.238 e. The Hall–Kier alpha value is -0.960. The summed E-state index contributed by atoms with van der Waals surface area (Å²) < 4.78 is 47.8. The SMILES string of the molecule is CCC[C@](C)(c1ccc(S(N)(=O)=O)cc1)S(=O)(=O)N(C)C. The number of hydrogen-bond donors (Lipinski definition) is 1. The van der Waals surface area contributed by atoms with Gasteiger partial charge in [-0.25, -0.2) is 26.3 Å². The maximum atomic E-state index is 12.6. The van der Waals surface area contributed by atoms with Gasteiger partial charge in [0.15, 0.2) is 0 Å². The third-order valence-corrected chi connectivity index (χ3v) is 7.04. The lowest BCUT2D eigenvalue weighted by Gasteiger charge is -2.32. The Balaban J connectivity index is 3.43. The third-order valence-electron chi connectivity index (χ3n) is 3.57. The van der Waals surface area contributed by atoms with Crippen molar-refractivity contribution in [2.75, 3.05) is 14.1 Å². The van der Waals surface area contributed by atoms with Crippen molar-refractivity contribution >= 4 is 20.0 Å². The molecular weight excluding hydrogens is 312 g/mol. The van der Waals surface area contributed by atoms with Crippen molar-refractivity contribution in [1.29, 1.82) is 0 Å². The highest BCUT2D eigenvalue weighted by Crippen LogP contribution is 2.36. The van der Waals surface area contributed by atoms with Gasteiger partial charge in [0, 0.05) is 14.1 Å². The molecule has 0 bridgehead atoms. The molecule has 0 saturated carbocycles. The molecule has 0 heterocycles. The van der Waals surface area contributed by atoms with Crippen molar-refractivity contribution in [3.05, 3.63) is 29.8 Å². The molecule has 0 aliphatic rings. The Morgan fingerprint density at radius 2 is 1.57 bits per heavy atom. The van der Waals surface area contributed by atoms with Crippen molar-refractivity contribution in [2.24, 2.45) is 5.14 Å². The van der Waals surface area contributed by atoms with Crippen LogP contribution in [0.3, 0.4) is 0 Å². The van der Waals surface area contributed by atoms with Crippen LogP contribution in [-0.4, -0.2) is 35.2 Å². The fourth-order valence-corrected chi connectivity index (χ4v) is 4.52.